The van der Waals surface area contributed by atoms with Crippen LogP contribution in [-0.4, -0.2) is 15.5 Å². The third-order valence-electron chi connectivity index (χ3n) is 5.99. The summed E-state index contributed by atoms with van der Waals surface area (Å²) in [5.74, 6) is 1.11. The van der Waals surface area contributed by atoms with E-state index in [0.717, 1.165) is 52.9 Å². The molecule has 1 aromatic heterocycles. The molecule has 1 aliphatic heterocycles. The third kappa shape index (κ3) is 3.08. The number of nitrogens with one attached hydrogen (secondary N) is 1. The fourth-order valence-corrected chi connectivity index (χ4v) is 4.42. The quantitative estimate of drug-likeness (QED) is 0.602. The van der Waals surface area contributed by atoms with Crippen molar-refractivity contribution in [2.45, 2.75) is 44.1 Å². The highest BCUT2D eigenvalue weighted by molar-refractivity contribution is 9.10. The monoisotopic (exact) mass is 435 g/mol. The fourth-order valence-electron chi connectivity index (χ4n) is 4.16. The molecule has 5 heteroatoms. The van der Waals surface area contributed by atoms with E-state index >= 15 is 0 Å². The van der Waals surface area contributed by atoms with Gasteiger partial charge in [0.05, 0.1) is 5.41 Å². The first kappa shape index (κ1) is 17.7. The molecular formula is C23H22BrN3O. The van der Waals surface area contributed by atoms with Gasteiger partial charge in [-0.05, 0) is 74.1 Å². The molecule has 0 spiro atoms. The molecule has 2 aliphatic rings. The first-order valence-corrected chi connectivity index (χ1v) is 10.7. The summed E-state index contributed by atoms with van der Waals surface area (Å²) in [5.41, 5.74) is 3.97. The molecule has 3 aromatic rings. The van der Waals surface area contributed by atoms with Crippen LogP contribution in [0.25, 0.3) is 11.4 Å². The summed E-state index contributed by atoms with van der Waals surface area (Å²) in [4.78, 5) is 17.6. The Labute approximate surface area is 173 Å². The molecule has 1 N–H and O–H groups in total. The SMILES string of the molecule is O=C(Nc1ccc(-c2ncc3n2CCCC3)cc1)C1(c2ccc(Br)cc2)CC1. The van der Waals surface area contributed by atoms with Crippen molar-refractivity contribution in [3.05, 3.63) is 70.5 Å². The van der Waals surface area contributed by atoms with E-state index in [0.29, 0.717) is 0 Å². The summed E-state index contributed by atoms with van der Waals surface area (Å²) in [6.07, 6.45) is 7.37. The number of carbonyl (C=O) groups excluding carboxylic acids is 1. The van der Waals surface area contributed by atoms with Crippen molar-refractivity contribution in [1.29, 1.82) is 0 Å². The highest BCUT2D eigenvalue weighted by Gasteiger charge is 2.51. The van der Waals surface area contributed by atoms with Gasteiger partial charge in [-0.2, -0.15) is 0 Å². The molecule has 28 heavy (non-hydrogen) atoms. The number of aromatic nitrogens is 2. The molecule has 2 heterocycles. The number of amides is 1. The number of hydrogen-bond donors (Lipinski definition) is 1. The fraction of sp³-hybridized carbons (Fsp3) is 0.304. The van der Waals surface area contributed by atoms with Gasteiger partial charge in [-0.15, -0.1) is 0 Å². The minimum atomic E-state index is -0.373. The smallest absolute Gasteiger partial charge is 0.235 e. The molecule has 5 rings (SSSR count). The van der Waals surface area contributed by atoms with Crippen molar-refractivity contribution in [2.24, 2.45) is 0 Å². The van der Waals surface area contributed by atoms with Gasteiger partial charge in [-0.3, -0.25) is 4.79 Å². The van der Waals surface area contributed by atoms with Gasteiger partial charge in [0.25, 0.3) is 0 Å². The van der Waals surface area contributed by atoms with Crippen molar-refractivity contribution in [1.82, 2.24) is 9.55 Å². The van der Waals surface area contributed by atoms with Crippen LogP contribution >= 0.6 is 15.9 Å². The van der Waals surface area contributed by atoms with Gasteiger partial charge in [-0.1, -0.05) is 28.1 Å². The molecule has 0 radical (unpaired) electrons. The first-order valence-electron chi connectivity index (χ1n) is 9.88. The Kier molecular flexibility index (Phi) is 4.35. The molecule has 1 fully saturated rings. The zero-order valence-electron chi connectivity index (χ0n) is 15.6. The molecule has 1 amide bonds. The van der Waals surface area contributed by atoms with Gasteiger partial charge in [0, 0.05) is 34.2 Å². The molecular weight excluding hydrogens is 414 g/mol. The van der Waals surface area contributed by atoms with E-state index in [1.165, 1.54) is 18.5 Å². The summed E-state index contributed by atoms with van der Waals surface area (Å²) in [6.45, 7) is 1.04. The highest BCUT2D eigenvalue weighted by Crippen LogP contribution is 2.49. The van der Waals surface area contributed by atoms with Gasteiger partial charge in [-0.25, -0.2) is 4.98 Å². The summed E-state index contributed by atoms with van der Waals surface area (Å²) in [6, 6.07) is 16.2. The van der Waals surface area contributed by atoms with Crippen molar-refractivity contribution >= 4 is 27.5 Å². The zero-order chi connectivity index (χ0) is 19.1. The molecule has 0 atom stereocenters. The van der Waals surface area contributed by atoms with Crippen molar-refractivity contribution in [3.63, 3.8) is 0 Å². The minimum absolute atomic E-state index is 0.0840. The number of carbonyl (C=O) groups is 1. The van der Waals surface area contributed by atoms with Crippen LogP contribution in [0.5, 0.6) is 0 Å². The lowest BCUT2D eigenvalue weighted by molar-refractivity contribution is -0.118. The molecule has 2 aromatic carbocycles. The Morgan fingerprint density at radius 3 is 2.50 bits per heavy atom. The number of rotatable bonds is 4. The zero-order valence-corrected chi connectivity index (χ0v) is 17.2. The number of nitrogens with zero attached hydrogens (tertiary/aromatic N) is 2. The number of hydrogen-bond acceptors (Lipinski definition) is 2. The van der Waals surface area contributed by atoms with Gasteiger partial charge >= 0.3 is 0 Å². The topological polar surface area (TPSA) is 46.9 Å². The average molecular weight is 436 g/mol. The summed E-state index contributed by atoms with van der Waals surface area (Å²) < 4.78 is 3.35. The molecule has 0 bridgehead atoms. The van der Waals surface area contributed by atoms with E-state index in [1.54, 1.807) is 0 Å². The van der Waals surface area contributed by atoms with Crippen molar-refractivity contribution in [3.8, 4) is 11.4 Å². The molecule has 142 valence electrons. The van der Waals surface area contributed by atoms with E-state index in [1.807, 2.05) is 42.6 Å². The van der Waals surface area contributed by atoms with Crippen LogP contribution in [0, 0.1) is 0 Å². The van der Waals surface area contributed by atoms with Crippen LogP contribution in [-0.2, 0) is 23.2 Å². The Morgan fingerprint density at radius 1 is 1.04 bits per heavy atom. The van der Waals surface area contributed by atoms with E-state index in [9.17, 15) is 4.79 Å². The number of aryl methyl sites for hydroxylation is 1. The number of fused-ring (bicyclic) bond motifs is 1. The van der Waals surface area contributed by atoms with Crippen molar-refractivity contribution < 1.29 is 4.79 Å². The first-order chi connectivity index (χ1) is 13.7. The van der Waals surface area contributed by atoms with Gasteiger partial charge in [0.1, 0.15) is 5.82 Å². The Morgan fingerprint density at radius 2 is 1.79 bits per heavy atom. The predicted molar refractivity (Wildman–Crippen MR) is 114 cm³/mol. The number of benzene rings is 2. The van der Waals surface area contributed by atoms with Crippen LogP contribution < -0.4 is 5.32 Å². The largest absolute Gasteiger partial charge is 0.328 e. The highest BCUT2D eigenvalue weighted by atomic mass is 79.9. The number of anilines is 1. The lowest BCUT2D eigenvalue weighted by Crippen LogP contribution is -2.27. The standard InChI is InChI=1S/C23H22BrN3O/c24-18-8-6-17(7-9-18)23(12-13-23)22(28)26-19-10-4-16(5-11-19)21-25-15-20-3-1-2-14-27(20)21/h4-11,15H,1-3,12-14H2,(H,26,28). The maximum atomic E-state index is 12.9. The van der Waals surface area contributed by atoms with E-state index in [4.69, 9.17) is 0 Å². The lowest BCUT2D eigenvalue weighted by atomic mass is 9.95. The summed E-state index contributed by atoms with van der Waals surface area (Å²) in [7, 11) is 0. The third-order valence-corrected chi connectivity index (χ3v) is 6.51. The predicted octanol–water partition coefficient (Wildman–Crippen LogP) is 5.32. The summed E-state index contributed by atoms with van der Waals surface area (Å²) in [5, 5.41) is 3.11. The maximum absolute atomic E-state index is 12.9. The van der Waals surface area contributed by atoms with Crippen LogP contribution in [0.4, 0.5) is 5.69 Å². The molecule has 1 aliphatic carbocycles. The van der Waals surface area contributed by atoms with E-state index < -0.39 is 0 Å². The Balaban J connectivity index is 1.33. The second-order valence-electron chi connectivity index (χ2n) is 7.80. The Bertz CT molecular complexity index is 1020. The normalized spacial score (nSPS) is 17.0. The molecule has 1 saturated carbocycles. The van der Waals surface area contributed by atoms with Crippen LogP contribution in [0.3, 0.4) is 0 Å². The second-order valence-corrected chi connectivity index (χ2v) is 8.72. The summed E-state index contributed by atoms with van der Waals surface area (Å²) >= 11 is 3.46. The maximum Gasteiger partial charge on any atom is 0.235 e. The Hall–Kier alpha value is -2.40. The van der Waals surface area contributed by atoms with Gasteiger partial charge in [0.15, 0.2) is 0 Å². The number of imidazole rings is 1. The molecule has 0 unspecified atom stereocenters. The average Bonchev–Trinajstić information content (AvgIpc) is 3.43. The van der Waals surface area contributed by atoms with Crippen LogP contribution in [0.1, 0.15) is 36.9 Å². The number of halogens is 1. The van der Waals surface area contributed by atoms with E-state index in [-0.39, 0.29) is 11.3 Å². The second kappa shape index (κ2) is 6.89. The molecule has 4 nitrogen and oxygen atoms in total. The minimum Gasteiger partial charge on any atom is -0.328 e. The van der Waals surface area contributed by atoms with Gasteiger partial charge in [0.2, 0.25) is 5.91 Å². The van der Waals surface area contributed by atoms with Crippen LogP contribution in [0.2, 0.25) is 0 Å². The van der Waals surface area contributed by atoms with Crippen molar-refractivity contribution in [2.75, 3.05) is 5.32 Å². The molecule has 0 saturated heterocycles. The lowest BCUT2D eigenvalue weighted by Gasteiger charge is -2.17. The van der Waals surface area contributed by atoms with Gasteiger partial charge < -0.3 is 9.88 Å². The van der Waals surface area contributed by atoms with Crippen LogP contribution in [0.15, 0.2) is 59.2 Å². The van der Waals surface area contributed by atoms with E-state index in [2.05, 4.69) is 42.9 Å².